The molecule has 1 amide bonds. The Bertz CT molecular complexity index is 1300. The molecule has 10 heteroatoms. The van der Waals surface area contributed by atoms with Gasteiger partial charge in [0.05, 0.1) is 38.6 Å². The highest BCUT2D eigenvalue weighted by Gasteiger charge is 2.36. The molecule has 182 valence electrons. The van der Waals surface area contributed by atoms with E-state index in [0.717, 1.165) is 5.56 Å². The van der Waals surface area contributed by atoms with Gasteiger partial charge in [0.2, 0.25) is 0 Å². The van der Waals surface area contributed by atoms with Crippen LogP contribution in [-0.4, -0.2) is 37.5 Å². The number of methoxy groups -OCH3 is 3. The van der Waals surface area contributed by atoms with Crippen molar-refractivity contribution >= 4 is 34.7 Å². The van der Waals surface area contributed by atoms with Gasteiger partial charge < -0.3 is 29.4 Å². The van der Waals surface area contributed by atoms with E-state index in [1.165, 1.54) is 0 Å². The molecule has 0 fully saturated rings. The van der Waals surface area contributed by atoms with Gasteiger partial charge in [-0.1, -0.05) is 23.4 Å². The summed E-state index contributed by atoms with van der Waals surface area (Å²) in [5.74, 6) is 2.28. The third-order valence-electron chi connectivity index (χ3n) is 5.67. The fourth-order valence-electron chi connectivity index (χ4n) is 4.03. The van der Waals surface area contributed by atoms with E-state index in [1.807, 2.05) is 43.3 Å². The number of hydrogen-bond donors (Lipinski definition) is 2. The summed E-state index contributed by atoms with van der Waals surface area (Å²) >= 11 is 5.76. The van der Waals surface area contributed by atoms with E-state index >= 15 is 0 Å². The number of nitrogens with one attached hydrogen (secondary N) is 2. The average molecular weight is 495 g/mol. The predicted octanol–water partition coefficient (Wildman–Crippen LogP) is 4.36. The number of amides is 1. The van der Waals surface area contributed by atoms with Crippen LogP contribution in [0.3, 0.4) is 0 Å². The molecule has 35 heavy (non-hydrogen) atoms. The average Bonchev–Trinajstić information content (AvgIpc) is 3.27. The number of aryl methyl sites for hydroxylation is 1. The fourth-order valence-corrected chi connectivity index (χ4v) is 4.39. The topological polar surface area (TPSA) is 98.1 Å². The van der Waals surface area contributed by atoms with Gasteiger partial charge in [0.25, 0.3) is 5.91 Å². The largest absolute Gasteiger partial charge is 0.495 e. The van der Waals surface area contributed by atoms with Gasteiger partial charge in [0, 0.05) is 11.8 Å². The van der Waals surface area contributed by atoms with Gasteiger partial charge in [0.15, 0.2) is 22.4 Å². The van der Waals surface area contributed by atoms with E-state index < -0.39 is 6.04 Å². The molecule has 2 N–H and O–H groups in total. The van der Waals surface area contributed by atoms with Crippen LogP contribution in [-0.2, 0) is 4.79 Å². The van der Waals surface area contributed by atoms with Crippen LogP contribution >= 0.6 is 12.2 Å². The molecule has 0 saturated carbocycles. The minimum absolute atomic E-state index is 0.316. The summed E-state index contributed by atoms with van der Waals surface area (Å²) in [6.45, 7) is 3.60. The lowest BCUT2D eigenvalue weighted by molar-refractivity contribution is -0.113. The Morgan fingerprint density at radius 1 is 1.03 bits per heavy atom. The lowest BCUT2D eigenvalue weighted by atomic mass is 9.93. The number of carbonyl (C=O) groups is 1. The summed E-state index contributed by atoms with van der Waals surface area (Å²) in [5.41, 5.74) is 2.55. The number of rotatable bonds is 7. The maximum Gasteiger partial charge on any atom is 0.257 e. The molecule has 1 unspecified atom stereocenters. The van der Waals surface area contributed by atoms with Gasteiger partial charge in [-0.2, -0.15) is 0 Å². The first-order valence-electron chi connectivity index (χ1n) is 10.8. The monoisotopic (exact) mass is 494 g/mol. The molecule has 4 rings (SSSR count). The zero-order valence-electron chi connectivity index (χ0n) is 20.0. The standard InChI is InChI=1S/C25H26N4O5S/c1-14-12-21(28-34-14)26-24(30)22-15(2)29(17-8-6-7-9-18(17)31-3)25(35)27-23(22)16-10-11-19(32-4)20(13-16)33-5/h6-13,23H,1-5H3,(H,27,35)(H,26,28,30). The second kappa shape index (κ2) is 10.1. The maximum absolute atomic E-state index is 13.6. The minimum Gasteiger partial charge on any atom is -0.495 e. The number of hydrogen-bond acceptors (Lipinski definition) is 7. The molecule has 0 radical (unpaired) electrons. The molecule has 3 aromatic rings. The van der Waals surface area contributed by atoms with Crippen molar-refractivity contribution in [1.82, 2.24) is 10.5 Å². The molecule has 2 aromatic carbocycles. The summed E-state index contributed by atoms with van der Waals surface area (Å²) in [4.78, 5) is 15.4. The Kier molecular flexibility index (Phi) is 6.92. The number of aromatic nitrogens is 1. The van der Waals surface area contributed by atoms with Gasteiger partial charge >= 0.3 is 0 Å². The van der Waals surface area contributed by atoms with E-state index in [9.17, 15) is 4.79 Å². The van der Waals surface area contributed by atoms with E-state index in [-0.39, 0.29) is 5.91 Å². The molecule has 1 atom stereocenters. The quantitative estimate of drug-likeness (QED) is 0.464. The summed E-state index contributed by atoms with van der Waals surface area (Å²) in [6, 6.07) is 14.0. The van der Waals surface area contributed by atoms with Crippen molar-refractivity contribution in [3.8, 4) is 17.2 Å². The van der Waals surface area contributed by atoms with Crippen LogP contribution in [0.1, 0.15) is 24.3 Å². The van der Waals surface area contributed by atoms with Crippen LogP contribution in [0, 0.1) is 6.92 Å². The highest BCUT2D eigenvalue weighted by atomic mass is 32.1. The maximum atomic E-state index is 13.6. The van der Waals surface area contributed by atoms with Crippen molar-refractivity contribution < 1.29 is 23.5 Å². The molecule has 2 heterocycles. The number of anilines is 2. The predicted molar refractivity (Wildman–Crippen MR) is 136 cm³/mol. The number of allylic oxidation sites excluding steroid dienone is 1. The first-order valence-corrected chi connectivity index (χ1v) is 11.2. The van der Waals surface area contributed by atoms with Crippen LogP contribution < -0.4 is 29.7 Å². The van der Waals surface area contributed by atoms with Crippen molar-refractivity contribution in [3.63, 3.8) is 0 Å². The van der Waals surface area contributed by atoms with Crippen molar-refractivity contribution in [1.29, 1.82) is 0 Å². The van der Waals surface area contributed by atoms with Gasteiger partial charge in [0.1, 0.15) is 11.5 Å². The smallest absolute Gasteiger partial charge is 0.257 e. The summed E-state index contributed by atoms with van der Waals surface area (Å²) in [6.07, 6.45) is 0. The van der Waals surface area contributed by atoms with E-state index in [0.29, 0.717) is 50.9 Å². The van der Waals surface area contributed by atoms with Crippen LogP contribution in [0.25, 0.3) is 0 Å². The zero-order chi connectivity index (χ0) is 25.1. The van der Waals surface area contributed by atoms with Crippen molar-refractivity contribution in [3.05, 3.63) is 71.1 Å². The third kappa shape index (κ3) is 4.65. The summed E-state index contributed by atoms with van der Waals surface area (Å²) in [7, 11) is 4.72. The fraction of sp³-hybridized carbons (Fsp3) is 0.240. The Labute approximate surface area is 208 Å². The molecule has 0 saturated heterocycles. The van der Waals surface area contributed by atoms with Crippen LogP contribution in [0.4, 0.5) is 11.5 Å². The lowest BCUT2D eigenvalue weighted by Crippen LogP contribution is -2.48. The minimum atomic E-state index is -0.568. The summed E-state index contributed by atoms with van der Waals surface area (Å²) < 4.78 is 21.5. The molecule has 9 nitrogen and oxygen atoms in total. The highest BCUT2D eigenvalue weighted by Crippen LogP contribution is 2.39. The molecule has 1 aliphatic heterocycles. The van der Waals surface area contributed by atoms with Crippen molar-refractivity contribution in [2.45, 2.75) is 19.9 Å². The number of ether oxygens (including phenoxy) is 3. The first-order chi connectivity index (χ1) is 16.9. The number of para-hydroxylation sites is 2. The van der Waals surface area contributed by atoms with Crippen LogP contribution in [0.2, 0.25) is 0 Å². The van der Waals surface area contributed by atoms with E-state index in [1.54, 1.807) is 45.3 Å². The molecular weight excluding hydrogens is 468 g/mol. The van der Waals surface area contributed by atoms with Gasteiger partial charge in [-0.15, -0.1) is 0 Å². The Morgan fingerprint density at radius 3 is 2.40 bits per heavy atom. The van der Waals surface area contributed by atoms with Crippen LogP contribution in [0.15, 0.2) is 64.3 Å². The lowest BCUT2D eigenvalue weighted by Gasteiger charge is -2.38. The van der Waals surface area contributed by atoms with Crippen LogP contribution in [0.5, 0.6) is 17.2 Å². The Balaban J connectivity index is 1.85. The van der Waals surface area contributed by atoms with E-state index in [2.05, 4.69) is 15.8 Å². The van der Waals surface area contributed by atoms with Crippen molar-refractivity contribution in [2.24, 2.45) is 0 Å². The second-order valence-electron chi connectivity index (χ2n) is 7.78. The first kappa shape index (κ1) is 24.1. The Morgan fingerprint density at radius 2 is 1.74 bits per heavy atom. The number of nitrogens with zero attached hydrogens (tertiary/aromatic N) is 2. The van der Waals surface area contributed by atoms with Gasteiger partial charge in [-0.3, -0.25) is 9.69 Å². The molecule has 0 bridgehead atoms. The van der Waals surface area contributed by atoms with E-state index in [4.69, 9.17) is 31.0 Å². The third-order valence-corrected chi connectivity index (χ3v) is 5.97. The van der Waals surface area contributed by atoms with Crippen molar-refractivity contribution in [2.75, 3.05) is 31.5 Å². The number of benzene rings is 2. The highest BCUT2D eigenvalue weighted by molar-refractivity contribution is 7.80. The summed E-state index contributed by atoms with van der Waals surface area (Å²) in [5, 5.41) is 10.5. The molecular formula is C25H26N4O5S. The van der Waals surface area contributed by atoms with Gasteiger partial charge in [-0.25, -0.2) is 0 Å². The zero-order valence-corrected chi connectivity index (χ0v) is 20.9. The molecule has 0 aliphatic carbocycles. The van der Waals surface area contributed by atoms with Gasteiger partial charge in [-0.05, 0) is 55.9 Å². The second-order valence-corrected chi connectivity index (χ2v) is 8.17. The Hall–Kier alpha value is -4.05. The molecule has 0 spiro atoms. The molecule has 1 aliphatic rings. The normalized spacial score (nSPS) is 15.5. The number of thiocarbonyl (C=S) groups is 1. The molecule has 1 aromatic heterocycles. The SMILES string of the molecule is COc1ccc(C2NC(=S)N(c3ccccc3OC)C(C)=C2C(=O)Nc2cc(C)on2)cc1OC. The number of carbonyl (C=O) groups excluding carboxylic acids is 1.